The van der Waals surface area contributed by atoms with Crippen LogP contribution in [0.1, 0.15) is 29.8 Å². The van der Waals surface area contributed by atoms with Gasteiger partial charge < -0.3 is 4.42 Å². The largest absolute Gasteiger partial charge is 0.424 e. The number of aromatic nitrogens is 2. The number of rotatable bonds is 7. The van der Waals surface area contributed by atoms with Gasteiger partial charge in [-0.15, -0.1) is 10.2 Å². The molecular weight excluding hydrogens is 385 g/mol. The summed E-state index contributed by atoms with van der Waals surface area (Å²) >= 11 is 3.38. The lowest BCUT2D eigenvalue weighted by atomic mass is 10.2. The quantitative estimate of drug-likeness (QED) is 0.578. The fourth-order valence-corrected chi connectivity index (χ4v) is 2.98. The molecule has 0 radical (unpaired) electrons. The summed E-state index contributed by atoms with van der Waals surface area (Å²) in [4.78, 5) is 2.06. The SMILES string of the molecule is CCN(Cc1nnc(Cc2ccccc2)o1)Cc1cc(Br)ccc1F. The van der Waals surface area contributed by atoms with Gasteiger partial charge in [-0.05, 0) is 30.3 Å². The van der Waals surface area contributed by atoms with Gasteiger partial charge in [-0.1, -0.05) is 53.2 Å². The van der Waals surface area contributed by atoms with Gasteiger partial charge in [-0.25, -0.2) is 4.39 Å². The number of hydrogen-bond acceptors (Lipinski definition) is 4. The van der Waals surface area contributed by atoms with E-state index < -0.39 is 0 Å². The lowest BCUT2D eigenvalue weighted by Crippen LogP contribution is -2.23. The minimum absolute atomic E-state index is 0.211. The third-order valence-corrected chi connectivity index (χ3v) is 4.41. The van der Waals surface area contributed by atoms with Gasteiger partial charge in [-0.3, -0.25) is 4.90 Å². The van der Waals surface area contributed by atoms with Crippen molar-refractivity contribution in [2.24, 2.45) is 0 Å². The van der Waals surface area contributed by atoms with Crippen LogP contribution in [0.5, 0.6) is 0 Å². The van der Waals surface area contributed by atoms with Crippen LogP contribution in [0.15, 0.2) is 57.4 Å². The van der Waals surface area contributed by atoms with Crippen LogP contribution in [0.2, 0.25) is 0 Å². The van der Waals surface area contributed by atoms with Crippen molar-refractivity contribution in [3.63, 3.8) is 0 Å². The zero-order valence-corrected chi connectivity index (χ0v) is 15.5. The monoisotopic (exact) mass is 403 g/mol. The van der Waals surface area contributed by atoms with Crippen LogP contribution in [-0.4, -0.2) is 21.6 Å². The second kappa shape index (κ2) is 8.36. The van der Waals surface area contributed by atoms with Gasteiger partial charge in [0.2, 0.25) is 11.8 Å². The van der Waals surface area contributed by atoms with Crippen molar-refractivity contribution in [1.82, 2.24) is 15.1 Å². The molecule has 0 spiro atoms. The molecule has 0 aliphatic rings. The fourth-order valence-electron chi connectivity index (χ4n) is 2.57. The molecule has 25 heavy (non-hydrogen) atoms. The van der Waals surface area contributed by atoms with E-state index in [0.29, 0.717) is 36.9 Å². The second-order valence-electron chi connectivity index (χ2n) is 5.79. The molecule has 0 fully saturated rings. The van der Waals surface area contributed by atoms with Crippen molar-refractivity contribution in [2.45, 2.75) is 26.4 Å². The first-order chi connectivity index (χ1) is 12.1. The Morgan fingerprint density at radius 1 is 1.04 bits per heavy atom. The molecule has 1 heterocycles. The van der Waals surface area contributed by atoms with Crippen molar-refractivity contribution in [1.29, 1.82) is 0 Å². The van der Waals surface area contributed by atoms with Gasteiger partial charge in [0.1, 0.15) is 5.82 Å². The highest BCUT2D eigenvalue weighted by atomic mass is 79.9. The van der Waals surface area contributed by atoms with Crippen molar-refractivity contribution in [2.75, 3.05) is 6.54 Å². The van der Waals surface area contributed by atoms with E-state index in [2.05, 4.69) is 31.0 Å². The van der Waals surface area contributed by atoms with Gasteiger partial charge in [-0.2, -0.15) is 0 Å². The van der Waals surface area contributed by atoms with E-state index in [1.807, 2.05) is 37.3 Å². The Labute approximate surface area is 154 Å². The fraction of sp³-hybridized carbons (Fsp3) is 0.263. The van der Waals surface area contributed by atoms with E-state index in [-0.39, 0.29) is 5.82 Å². The first-order valence-electron chi connectivity index (χ1n) is 8.15. The number of benzene rings is 2. The summed E-state index contributed by atoms with van der Waals surface area (Å²) in [6, 6.07) is 15.0. The average molecular weight is 404 g/mol. The topological polar surface area (TPSA) is 42.2 Å². The van der Waals surface area contributed by atoms with Gasteiger partial charge in [0.15, 0.2) is 0 Å². The van der Waals surface area contributed by atoms with Crippen LogP contribution in [0.4, 0.5) is 4.39 Å². The average Bonchev–Trinajstić information content (AvgIpc) is 3.05. The molecule has 0 amide bonds. The molecule has 0 bridgehead atoms. The molecule has 3 rings (SSSR count). The molecule has 3 aromatic rings. The number of nitrogens with zero attached hydrogens (tertiary/aromatic N) is 3. The van der Waals surface area contributed by atoms with Gasteiger partial charge in [0, 0.05) is 16.6 Å². The third kappa shape index (κ3) is 4.96. The molecule has 0 unspecified atom stereocenters. The molecule has 0 N–H and O–H groups in total. The lowest BCUT2D eigenvalue weighted by Gasteiger charge is -2.18. The normalized spacial score (nSPS) is 11.2. The molecule has 0 atom stereocenters. The summed E-state index contributed by atoms with van der Waals surface area (Å²) in [6.07, 6.45) is 0.611. The van der Waals surface area contributed by atoms with Crippen LogP contribution in [0, 0.1) is 5.82 Å². The minimum atomic E-state index is -0.211. The predicted octanol–water partition coefficient (Wildman–Crippen LogP) is 4.58. The molecule has 130 valence electrons. The highest BCUT2D eigenvalue weighted by molar-refractivity contribution is 9.10. The summed E-state index contributed by atoms with van der Waals surface area (Å²) in [7, 11) is 0. The molecule has 0 saturated heterocycles. The molecule has 0 aliphatic carbocycles. The van der Waals surface area contributed by atoms with Crippen LogP contribution in [-0.2, 0) is 19.5 Å². The van der Waals surface area contributed by atoms with E-state index in [4.69, 9.17) is 4.42 Å². The summed E-state index contributed by atoms with van der Waals surface area (Å²) in [5.74, 6) is 0.922. The molecular formula is C19H19BrFN3O. The molecule has 2 aromatic carbocycles. The van der Waals surface area contributed by atoms with Gasteiger partial charge >= 0.3 is 0 Å². The first-order valence-corrected chi connectivity index (χ1v) is 8.95. The summed E-state index contributed by atoms with van der Waals surface area (Å²) < 4.78 is 20.6. The molecule has 6 heteroatoms. The molecule has 0 aliphatic heterocycles. The second-order valence-corrected chi connectivity index (χ2v) is 6.71. The van der Waals surface area contributed by atoms with Crippen LogP contribution in [0.25, 0.3) is 0 Å². The van der Waals surface area contributed by atoms with Crippen molar-refractivity contribution in [3.05, 3.63) is 81.7 Å². The summed E-state index contributed by atoms with van der Waals surface area (Å²) in [5.41, 5.74) is 1.77. The van der Waals surface area contributed by atoms with Crippen LogP contribution >= 0.6 is 15.9 Å². The Bertz CT molecular complexity index is 823. The smallest absolute Gasteiger partial charge is 0.230 e. The van der Waals surface area contributed by atoms with Crippen molar-refractivity contribution >= 4 is 15.9 Å². The zero-order valence-electron chi connectivity index (χ0n) is 14.0. The van der Waals surface area contributed by atoms with Gasteiger partial charge in [0.25, 0.3) is 0 Å². The zero-order chi connectivity index (χ0) is 17.6. The van der Waals surface area contributed by atoms with Crippen molar-refractivity contribution in [3.8, 4) is 0 Å². The maximum Gasteiger partial charge on any atom is 0.230 e. The molecule has 0 saturated carbocycles. The van der Waals surface area contributed by atoms with Crippen molar-refractivity contribution < 1.29 is 8.81 Å². The molecule has 1 aromatic heterocycles. The highest BCUT2D eigenvalue weighted by Gasteiger charge is 2.13. The Kier molecular flexibility index (Phi) is 5.94. The first kappa shape index (κ1) is 17.8. The van der Waals surface area contributed by atoms with E-state index in [1.54, 1.807) is 12.1 Å². The Balaban J connectivity index is 1.65. The van der Waals surface area contributed by atoms with E-state index in [9.17, 15) is 4.39 Å². The summed E-state index contributed by atoms with van der Waals surface area (Å²) in [6.45, 7) is 3.75. The lowest BCUT2D eigenvalue weighted by molar-refractivity contribution is 0.237. The maximum absolute atomic E-state index is 14.0. The highest BCUT2D eigenvalue weighted by Crippen LogP contribution is 2.18. The van der Waals surface area contributed by atoms with Crippen LogP contribution < -0.4 is 0 Å². The standard InChI is InChI=1S/C19H19BrFN3O/c1-2-24(12-15-11-16(20)8-9-17(15)21)13-19-23-22-18(25-19)10-14-6-4-3-5-7-14/h3-9,11H,2,10,12-13H2,1H3. The summed E-state index contributed by atoms with van der Waals surface area (Å²) in [5, 5.41) is 8.23. The van der Waals surface area contributed by atoms with E-state index in [0.717, 1.165) is 16.6 Å². The number of hydrogen-bond donors (Lipinski definition) is 0. The Hall–Kier alpha value is -2.05. The molecule has 4 nitrogen and oxygen atoms in total. The van der Waals surface area contributed by atoms with Gasteiger partial charge in [0.05, 0.1) is 13.0 Å². The Morgan fingerprint density at radius 2 is 1.80 bits per heavy atom. The maximum atomic E-state index is 14.0. The number of halogens is 2. The van der Waals surface area contributed by atoms with E-state index in [1.165, 1.54) is 6.07 Å². The Morgan fingerprint density at radius 3 is 2.56 bits per heavy atom. The minimum Gasteiger partial charge on any atom is -0.424 e. The third-order valence-electron chi connectivity index (χ3n) is 3.91. The van der Waals surface area contributed by atoms with Crippen LogP contribution in [0.3, 0.4) is 0 Å². The predicted molar refractivity (Wildman–Crippen MR) is 97.4 cm³/mol. The van der Waals surface area contributed by atoms with E-state index >= 15 is 0 Å².